The van der Waals surface area contributed by atoms with Crippen molar-refractivity contribution in [3.63, 3.8) is 0 Å². The summed E-state index contributed by atoms with van der Waals surface area (Å²) in [7, 11) is 0. The molecule has 4 nitrogen and oxygen atoms in total. The molecule has 110 valence electrons. The predicted molar refractivity (Wildman–Crippen MR) is 86.4 cm³/mol. The fourth-order valence-electron chi connectivity index (χ4n) is 1.68. The van der Waals surface area contributed by atoms with Gasteiger partial charge in [-0.3, -0.25) is 9.59 Å². The third kappa shape index (κ3) is 5.74. The van der Waals surface area contributed by atoms with Gasteiger partial charge in [0.1, 0.15) is 0 Å². The number of rotatable bonds is 7. The molecule has 2 amide bonds. The standard InChI is InChI=1S/C15H21BrN2O2/c1-3-14(19)17-12-8-7-11(2)13(10-12)18-15(20)6-4-5-9-16/h7-8,10H,3-6,9H2,1-2H3,(H,17,19)(H,18,20). The van der Waals surface area contributed by atoms with Crippen LogP contribution < -0.4 is 10.6 Å². The Kier molecular flexibility index (Phi) is 7.30. The molecule has 0 bridgehead atoms. The third-order valence-electron chi connectivity index (χ3n) is 2.90. The molecule has 0 aliphatic heterocycles. The Balaban J connectivity index is 2.66. The van der Waals surface area contributed by atoms with Gasteiger partial charge in [-0.05, 0) is 37.5 Å². The summed E-state index contributed by atoms with van der Waals surface area (Å²) in [4.78, 5) is 23.2. The number of aryl methyl sites for hydroxylation is 1. The molecule has 0 atom stereocenters. The van der Waals surface area contributed by atoms with E-state index >= 15 is 0 Å². The summed E-state index contributed by atoms with van der Waals surface area (Å²) in [5, 5.41) is 6.60. The van der Waals surface area contributed by atoms with E-state index < -0.39 is 0 Å². The van der Waals surface area contributed by atoms with E-state index in [1.165, 1.54) is 0 Å². The second-order valence-electron chi connectivity index (χ2n) is 4.63. The molecular weight excluding hydrogens is 320 g/mol. The molecule has 0 fully saturated rings. The number of alkyl halides is 1. The van der Waals surface area contributed by atoms with Crippen molar-refractivity contribution in [2.45, 2.75) is 39.5 Å². The highest BCUT2D eigenvalue weighted by Crippen LogP contribution is 2.21. The first-order valence-corrected chi connectivity index (χ1v) is 7.95. The zero-order valence-corrected chi connectivity index (χ0v) is 13.5. The van der Waals surface area contributed by atoms with Crippen LogP contribution in [-0.4, -0.2) is 17.1 Å². The van der Waals surface area contributed by atoms with Crippen molar-refractivity contribution < 1.29 is 9.59 Å². The SMILES string of the molecule is CCC(=O)Nc1ccc(C)c(NC(=O)CCCCBr)c1. The summed E-state index contributed by atoms with van der Waals surface area (Å²) in [6.45, 7) is 3.73. The van der Waals surface area contributed by atoms with Gasteiger partial charge in [-0.1, -0.05) is 28.9 Å². The average Bonchev–Trinajstić information content (AvgIpc) is 2.42. The van der Waals surface area contributed by atoms with Crippen molar-refractivity contribution in [1.29, 1.82) is 0 Å². The van der Waals surface area contributed by atoms with Crippen molar-refractivity contribution in [2.24, 2.45) is 0 Å². The Morgan fingerprint density at radius 3 is 2.55 bits per heavy atom. The summed E-state index contributed by atoms with van der Waals surface area (Å²) in [6.07, 6.45) is 2.79. The number of hydrogen-bond acceptors (Lipinski definition) is 2. The number of carbonyl (C=O) groups is 2. The maximum Gasteiger partial charge on any atom is 0.224 e. The first-order chi connectivity index (χ1) is 9.56. The number of amides is 2. The van der Waals surface area contributed by atoms with Gasteiger partial charge in [-0.2, -0.15) is 0 Å². The van der Waals surface area contributed by atoms with Crippen LogP contribution in [0.1, 0.15) is 38.2 Å². The molecule has 0 saturated carbocycles. The zero-order valence-electron chi connectivity index (χ0n) is 12.0. The second kappa shape index (κ2) is 8.74. The molecule has 0 heterocycles. The molecule has 0 aliphatic rings. The van der Waals surface area contributed by atoms with Crippen molar-refractivity contribution in [2.75, 3.05) is 16.0 Å². The minimum atomic E-state index is -0.0385. The van der Waals surface area contributed by atoms with Gasteiger partial charge in [0.15, 0.2) is 0 Å². The lowest BCUT2D eigenvalue weighted by molar-refractivity contribution is -0.116. The molecule has 1 aromatic rings. The van der Waals surface area contributed by atoms with Gasteiger partial charge in [0.2, 0.25) is 11.8 Å². The topological polar surface area (TPSA) is 58.2 Å². The van der Waals surface area contributed by atoms with Crippen LogP contribution in [0.15, 0.2) is 18.2 Å². The molecule has 0 spiro atoms. The first-order valence-electron chi connectivity index (χ1n) is 6.83. The quantitative estimate of drug-likeness (QED) is 0.585. The summed E-state index contributed by atoms with van der Waals surface area (Å²) >= 11 is 3.35. The summed E-state index contributed by atoms with van der Waals surface area (Å²) in [5.41, 5.74) is 2.44. The van der Waals surface area contributed by atoms with Crippen LogP contribution in [0.3, 0.4) is 0 Å². The number of hydrogen-bond donors (Lipinski definition) is 2. The molecule has 0 saturated heterocycles. The first kappa shape index (κ1) is 16.7. The van der Waals surface area contributed by atoms with Gasteiger partial charge >= 0.3 is 0 Å². The Labute approximate surface area is 128 Å². The largest absolute Gasteiger partial charge is 0.326 e. The minimum absolute atomic E-state index is 0.00742. The molecule has 2 N–H and O–H groups in total. The van der Waals surface area contributed by atoms with Gasteiger partial charge in [-0.25, -0.2) is 0 Å². The van der Waals surface area contributed by atoms with E-state index in [0.29, 0.717) is 18.5 Å². The lowest BCUT2D eigenvalue weighted by Gasteiger charge is -2.11. The van der Waals surface area contributed by atoms with E-state index in [-0.39, 0.29) is 11.8 Å². The Bertz CT molecular complexity index is 475. The maximum atomic E-state index is 11.8. The van der Waals surface area contributed by atoms with E-state index in [0.717, 1.165) is 29.4 Å². The van der Waals surface area contributed by atoms with Crippen molar-refractivity contribution in [1.82, 2.24) is 0 Å². The fourth-order valence-corrected chi connectivity index (χ4v) is 2.07. The van der Waals surface area contributed by atoms with Crippen LogP contribution in [0.5, 0.6) is 0 Å². The highest BCUT2D eigenvalue weighted by molar-refractivity contribution is 9.09. The Morgan fingerprint density at radius 1 is 1.15 bits per heavy atom. The third-order valence-corrected chi connectivity index (χ3v) is 3.46. The molecule has 20 heavy (non-hydrogen) atoms. The number of carbonyl (C=O) groups excluding carboxylic acids is 2. The van der Waals surface area contributed by atoms with Crippen LogP contribution >= 0.6 is 15.9 Å². The van der Waals surface area contributed by atoms with E-state index in [1.54, 1.807) is 13.0 Å². The van der Waals surface area contributed by atoms with E-state index in [4.69, 9.17) is 0 Å². The number of benzene rings is 1. The van der Waals surface area contributed by atoms with Crippen LogP contribution in [0.25, 0.3) is 0 Å². The lowest BCUT2D eigenvalue weighted by atomic mass is 10.1. The van der Waals surface area contributed by atoms with Gasteiger partial charge < -0.3 is 10.6 Å². The number of halogens is 1. The van der Waals surface area contributed by atoms with Gasteiger partial charge in [-0.15, -0.1) is 0 Å². The van der Waals surface area contributed by atoms with Crippen LogP contribution in [0, 0.1) is 6.92 Å². The predicted octanol–water partition coefficient (Wildman–Crippen LogP) is 3.85. The number of unbranched alkanes of at least 4 members (excludes halogenated alkanes) is 1. The van der Waals surface area contributed by atoms with Gasteiger partial charge in [0, 0.05) is 29.5 Å². The molecule has 0 unspecified atom stereocenters. The molecule has 0 aliphatic carbocycles. The number of anilines is 2. The molecule has 5 heteroatoms. The summed E-state index contributed by atoms with van der Waals surface area (Å²) < 4.78 is 0. The average molecular weight is 341 g/mol. The Hall–Kier alpha value is -1.36. The van der Waals surface area contributed by atoms with E-state index in [1.807, 2.05) is 19.1 Å². The molecular formula is C15H21BrN2O2. The fraction of sp³-hybridized carbons (Fsp3) is 0.467. The van der Waals surface area contributed by atoms with Crippen LogP contribution in [-0.2, 0) is 9.59 Å². The normalized spacial score (nSPS) is 10.2. The van der Waals surface area contributed by atoms with E-state index in [9.17, 15) is 9.59 Å². The van der Waals surface area contributed by atoms with E-state index in [2.05, 4.69) is 26.6 Å². The summed E-state index contributed by atoms with van der Waals surface area (Å²) in [5.74, 6) is -0.0310. The van der Waals surface area contributed by atoms with Crippen molar-refractivity contribution in [3.8, 4) is 0 Å². The Morgan fingerprint density at radius 2 is 1.90 bits per heavy atom. The highest BCUT2D eigenvalue weighted by Gasteiger charge is 2.07. The second-order valence-corrected chi connectivity index (χ2v) is 5.42. The van der Waals surface area contributed by atoms with Crippen molar-refractivity contribution >= 4 is 39.1 Å². The smallest absolute Gasteiger partial charge is 0.224 e. The summed E-state index contributed by atoms with van der Waals surface area (Å²) in [6, 6.07) is 5.52. The van der Waals surface area contributed by atoms with Crippen LogP contribution in [0.4, 0.5) is 11.4 Å². The zero-order chi connectivity index (χ0) is 15.0. The molecule has 1 rings (SSSR count). The minimum Gasteiger partial charge on any atom is -0.326 e. The highest BCUT2D eigenvalue weighted by atomic mass is 79.9. The molecule has 1 aromatic carbocycles. The monoisotopic (exact) mass is 340 g/mol. The van der Waals surface area contributed by atoms with Gasteiger partial charge in [0.25, 0.3) is 0 Å². The van der Waals surface area contributed by atoms with Gasteiger partial charge in [0.05, 0.1) is 0 Å². The lowest BCUT2D eigenvalue weighted by Crippen LogP contribution is -2.13. The van der Waals surface area contributed by atoms with Crippen molar-refractivity contribution in [3.05, 3.63) is 23.8 Å². The maximum absolute atomic E-state index is 11.8. The van der Waals surface area contributed by atoms with Crippen LogP contribution in [0.2, 0.25) is 0 Å². The molecule has 0 aromatic heterocycles. The number of nitrogens with one attached hydrogen (secondary N) is 2. The molecule has 0 radical (unpaired) electrons.